The minimum absolute atomic E-state index is 0.00130. The SMILES string of the molecule is O=C=NC(F)(F)c1ccc2c(c1)OCO2. The number of ether oxygens (including phenoxy) is 2. The smallest absolute Gasteiger partial charge is 0.379 e. The number of alkyl halides is 2. The summed E-state index contributed by atoms with van der Waals surface area (Å²) in [6, 6.07) is -0.0356. The van der Waals surface area contributed by atoms with Crippen LogP contribution in [0.3, 0.4) is 0 Å². The molecule has 2 rings (SSSR count). The Morgan fingerprint density at radius 3 is 2.80 bits per heavy atom. The van der Waals surface area contributed by atoms with Gasteiger partial charge in [0.2, 0.25) is 12.9 Å². The lowest BCUT2D eigenvalue weighted by molar-refractivity contribution is 0.00599. The maximum Gasteiger partial charge on any atom is 0.379 e. The number of carbonyl (C=O) groups excluding carboxylic acids is 1. The van der Waals surface area contributed by atoms with Crippen LogP contribution in [0, 0.1) is 0 Å². The molecule has 0 fully saturated rings. The number of aliphatic imine (C=N–C) groups is 1. The van der Waals surface area contributed by atoms with Gasteiger partial charge in [0.25, 0.3) is 0 Å². The largest absolute Gasteiger partial charge is 0.454 e. The number of isocyanates is 1. The Bertz CT molecular complexity index is 441. The molecule has 15 heavy (non-hydrogen) atoms. The van der Waals surface area contributed by atoms with E-state index in [2.05, 4.69) is 4.99 Å². The standard InChI is InChI=1S/C9H5F2NO3/c10-9(11,12-4-13)6-1-2-7-8(3-6)15-5-14-7/h1-3H,5H2. The predicted octanol–water partition coefficient (Wildman–Crippen LogP) is 1.80. The number of rotatable bonds is 2. The van der Waals surface area contributed by atoms with Crippen molar-refractivity contribution in [3.05, 3.63) is 23.8 Å². The van der Waals surface area contributed by atoms with E-state index in [1.807, 2.05) is 0 Å². The Balaban J connectivity index is 2.42. The molecule has 1 aliphatic heterocycles. The second-order valence-corrected chi connectivity index (χ2v) is 2.81. The Morgan fingerprint density at radius 2 is 2.07 bits per heavy atom. The lowest BCUT2D eigenvalue weighted by atomic mass is 10.1. The van der Waals surface area contributed by atoms with Crippen LogP contribution in [0.15, 0.2) is 23.2 Å². The molecule has 0 amide bonds. The van der Waals surface area contributed by atoms with E-state index in [1.54, 1.807) is 0 Å². The molecule has 0 saturated carbocycles. The Kier molecular flexibility index (Phi) is 2.13. The van der Waals surface area contributed by atoms with Crippen molar-refractivity contribution in [1.82, 2.24) is 0 Å². The van der Waals surface area contributed by atoms with Crippen LogP contribution in [0.2, 0.25) is 0 Å². The second-order valence-electron chi connectivity index (χ2n) is 2.81. The lowest BCUT2D eigenvalue weighted by Crippen LogP contribution is -2.08. The summed E-state index contributed by atoms with van der Waals surface area (Å²) in [5, 5.41) is 0. The third kappa shape index (κ3) is 1.67. The van der Waals surface area contributed by atoms with Gasteiger partial charge in [0.15, 0.2) is 11.5 Å². The minimum Gasteiger partial charge on any atom is -0.454 e. The summed E-state index contributed by atoms with van der Waals surface area (Å²) >= 11 is 0. The first-order valence-electron chi connectivity index (χ1n) is 4.00. The monoisotopic (exact) mass is 213 g/mol. The van der Waals surface area contributed by atoms with Gasteiger partial charge in [-0.05, 0) is 18.2 Å². The van der Waals surface area contributed by atoms with Crippen LogP contribution >= 0.6 is 0 Å². The molecule has 0 aromatic heterocycles. The van der Waals surface area contributed by atoms with Crippen LogP contribution in [0.4, 0.5) is 8.78 Å². The molecule has 0 bridgehead atoms. The van der Waals surface area contributed by atoms with Crippen LogP contribution in [-0.2, 0) is 10.8 Å². The van der Waals surface area contributed by atoms with E-state index < -0.39 is 11.6 Å². The molecule has 78 valence electrons. The maximum atomic E-state index is 13.1. The van der Waals surface area contributed by atoms with Crippen molar-refractivity contribution >= 4 is 6.08 Å². The van der Waals surface area contributed by atoms with Crippen LogP contribution in [0.1, 0.15) is 5.56 Å². The number of halogens is 2. The fourth-order valence-corrected chi connectivity index (χ4v) is 1.21. The Hall–Kier alpha value is -1.94. The van der Waals surface area contributed by atoms with E-state index in [9.17, 15) is 13.6 Å². The summed E-state index contributed by atoms with van der Waals surface area (Å²) in [5.41, 5.74) is -0.435. The second kappa shape index (κ2) is 3.33. The summed E-state index contributed by atoms with van der Waals surface area (Å²) in [4.78, 5) is 12.2. The van der Waals surface area contributed by atoms with Gasteiger partial charge in [0.1, 0.15) is 0 Å². The molecule has 0 aliphatic carbocycles. The van der Waals surface area contributed by atoms with E-state index in [4.69, 9.17) is 9.47 Å². The number of hydrogen-bond donors (Lipinski definition) is 0. The lowest BCUT2D eigenvalue weighted by Gasteiger charge is -2.09. The maximum absolute atomic E-state index is 13.1. The summed E-state index contributed by atoms with van der Waals surface area (Å²) in [7, 11) is 0. The van der Waals surface area contributed by atoms with Gasteiger partial charge in [-0.15, -0.1) is 4.99 Å². The fourth-order valence-electron chi connectivity index (χ4n) is 1.21. The van der Waals surface area contributed by atoms with E-state index in [1.165, 1.54) is 6.07 Å². The molecule has 0 atom stereocenters. The average Bonchev–Trinajstić information content (AvgIpc) is 2.63. The number of hydrogen-bond acceptors (Lipinski definition) is 4. The zero-order chi connectivity index (χ0) is 10.9. The van der Waals surface area contributed by atoms with Crippen LogP contribution in [0.5, 0.6) is 11.5 Å². The van der Waals surface area contributed by atoms with Crippen molar-refractivity contribution < 1.29 is 23.0 Å². The molecule has 1 aromatic rings. The molecule has 0 spiro atoms. The summed E-state index contributed by atoms with van der Waals surface area (Å²) in [6.07, 6.45) is 0.827. The molecule has 4 nitrogen and oxygen atoms in total. The Morgan fingerprint density at radius 1 is 1.33 bits per heavy atom. The predicted molar refractivity (Wildman–Crippen MR) is 44.6 cm³/mol. The summed E-state index contributed by atoms with van der Waals surface area (Å²) in [5.74, 6) is 0.609. The van der Waals surface area contributed by atoms with E-state index in [0.29, 0.717) is 5.75 Å². The van der Waals surface area contributed by atoms with Crippen molar-refractivity contribution in [3.8, 4) is 11.5 Å². The number of fused-ring (bicyclic) bond motifs is 1. The van der Waals surface area contributed by atoms with Crippen LogP contribution < -0.4 is 9.47 Å². The highest BCUT2D eigenvalue weighted by Gasteiger charge is 2.32. The normalized spacial score (nSPS) is 13.5. The zero-order valence-corrected chi connectivity index (χ0v) is 7.37. The molecule has 0 radical (unpaired) electrons. The first-order valence-corrected chi connectivity index (χ1v) is 4.00. The molecule has 1 heterocycles. The molecule has 1 aliphatic rings. The van der Waals surface area contributed by atoms with Gasteiger partial charge >= 0.3 is 6.05 Å². The first kappa shape index (κ1) is 9.61. The Labute approximate surface area is 83.1 Å². The molecule has 6 heteroatoms. The van der Waals surface area contributed by atoms with Gasteiger partial charge in [-0.1, -0.05) is 0 Å². The van der Waals surface area contributed by atoms with Gasteiger partial charge in [-0.25, -0.2) is 4.79 Å². The molecule has 0 unspecified atom stereocenters. The van der Waals surface area contributed by atoms with Crippen molar-refractivity contribution in [1.29, 1.82) is 0 Å². The van der Waals surface area contributed by atoms with E-state index in [-0.39, 0.29) is 12.5 Å². The first-order chi connectivity index (χ1) is 7.13. The molecular weight excluding hydrogens is 208 g/mol. The van der Waals surface area contributed by atoms with Crippen molar-refractivity contribution in [3.63, 3.8) is 0 Å². The fraction of sp³-hybridized carbons (Fsp3) is 0.222. The van der Waals surface area contributed by atoms with E-state index in [0.717, 1.165) is 18.2 Å². The van der Waals surface area contributed by atoms with Gasteiger partial charge in [0, 0.05) is 5.56 Å². The quantitative estimate of drug-likeness (QED) is 0.427. The summed E-state index contributed by atoms with van der Waals surface area (Å²) in [6.45, 7) is 0.00130. The van der Waals surface area contributed by atoms with Gasteiger partial charge in [0.05, 0.1) is 0 Å². The third-order valence-electron chi connectivity index (χ3n) is 1.91. The van der Waals surface area contributed by atoms with Gasteiger partial charge < -0.3 is 9.47 Å². The highest BCUT2D eigenvalue weighted by molar-refractivity contribution is 5.46. The van der Waals surface area contributed by atoms with E-state index >= 15 is 0 Å². The highest BCUT2D eigenvalue weighted by atomic mass is 19.3. The number of benzene rings is 1. The zero-order valence-electron chi connectivity index (χ0n) is 7.37. The number of nitrogens with zero attached hydrogens (tertiary/aromatic N) is 1. The third-order valence-corrected chi connectivity index (χ3v) is 1.91. The van der Waals surface area contributed by atoms with Crippen molar-refractivity contribution in [2.45, 2.75) is 6.05 Å². The topological polar surface area (TPSA) is 47.9 Å². The molecular formula is C9H5F2NO3. The van der Waals surface area contributed by atoms with Gasteiger partial charge in [-0.2, -0.15) is 8.78 Å². The van der Waals surface area contributed by atoms with Gasteiger partial charge in [-0.3, -0.25) is 0 Å². The van der Waals surface area contributed by atoms with Crippen LogP contribution in [-0.4, -0.2) is 12.9 Å². The van der Waals surface area contributed by atoms with Crippen molar-refractivity contribution in [2.24, 2.45) is 4.99 Å². The highest BCUT2D eigenvalue weighted by Crippen LogP contribution is 2.38. The minimum atomic E-state index is -3.58. The molecule has 1 aromatic carbocycles. The summed E-state index contributed by atoms with van der Waals surface area (Å²) < 4.78 is 36.1. The van der Waals surface area contributed by atoms with Crippen LogP contribution in [0.25, 0.3) is 0 Å². The average molecular weight is 213 g/mol. The van der Waals surface area contributed by atoms with Crippen molar-refractivity contribution in [2.75, 3.05) is 6.79 Å². The molecule has 0 N–H and O–H groups in total. The molecule has 0 saturated heterocycles.